The number of hydrogen-bond donors (Lipinski definition) is 1. The van der Waals surface area contributed by atoms with Crippen molar-refractivity contribution in [2.75, 3.05) is 13.2 Å². The summed E-state index contributed by atoms with van der Waals surface area (Å²) >= 11 is 0. The number of carbonyl (C=O) groups is 2. The summed E-state index contributed by atoms with van der Waals surface area (Å²) in [6.07, 6.45) is 3.43. The van der Waals surface area contributed by atoms with Crippen LogP contribution in [0.4, 0.5) is 0 Å². The second-order valence-electron chi connectivity index (χ2n) is 5.02. The highest BCUT2D eigenvalue weighted by Gasteiger charge is 2.39. The van der Waals surface area contributed by atoms with Crippen LogP contribution >= 0.6 is 0 Å². The van der Waals surface area contributed by atoms with Crippen molar-refractivity contribution in [3.05, 3.63) is 0 Å². The number of rotatable bonds is 4. The van der Waals surface area contributed by atoms with E-state index in [0.717, 1.165) is 19.4 Å². The molecule has 1 N–H and O–H groups in total. The minimum Gasteiger partial charge on any atom is -0.376 e. The van der Waals surface area contributed by atoms with Crippen LogP contribution in [0.15, 0.2) is 0 Å². The first-order valence-corrected chi connectivity index (χ1v) is 6.89. The van der Waals surface area contributed by atoms with Crippen molar-refractivity contribution in [1.82, 2.24) is 10.2 Å². The average Bonchev–Trinajstić information content (AvgIpc) is 2.86. The molecule has 3 atom stereocenters. The van der Waals surface area contributed by atoms with Crippen LogP contribution in [0.1, 0.15) is 39.5 Å². The zero-order valence-electron chi connectivity index (χ0n) is 11.1. The van der Waals surface area contributed by atoms with Gasteiger partial charge in [-0.3, -0.25) is 9.59 Å². The first-order valence-electron chi connectivity index (χ1n) is 6.89. The Hall–Kier alpha value is -1.10. The molecule has 2 aliphatic rings. The monoisotopic (exact) mass is 254 g/mol. The molecule has 2 aliphatic heterocycles. The third-order valence-electron chi connectivity index (χ3n) is 3.80. The number of piperazine rings is 1. The van der Waals surface area contributed by atoms with E-state index >= 15 is 0 Å². The third kappa shape index (κ3) is 2.51. The van der Waals surface area contributed by atoms with Crippen molar-refractivity contribution >= 4 is 11.8 Å². The van der Waals surface area contributed by atoms with E-state index in [1.807, 2.05) is 13.8 Å². The number of carbonyl (C=O) groups excluding carboxylic acids is 2. The quantitative estimate of drug-likeness (QED) is 0.802. The van der Waals surface area contributed by atoms with Gasteiger partial charge in [-0.05, 0) is 25.7 Å². The van der Waals surface area contributed by atoms with E-state index in [2.05, 4.69) is 5.32 Å². The summed E-state index contributed by atoms with van der Waals surface area (Å²) in [7, 11) is 0. The predicted octanol–water partition coefficient (Wildman–Crippen LogP) is 0.681. The molecule has 0 bridgehead atoms. The average molecular weight is 254 g/mol. The van der Waals surface area contributed by atoms with E-state index in [1.165, 1.54) is 0 Å². The maximum Gasteiger partial charge on any atom is 0.245 e. The summed E-state index contributed by atoms with van der Waals surface area (Å²) < 4.78 is 5.58. The minimum absolute atomic E-state index is 0.0260. The van der Waals surface area contributed by atoms with Crippen molar-refractivity contribution in [3.63, 3.8) is 0 Å². The van der Waals surface area contributed by atoms with Gasteiger partial charge in [-0.2, -0.15) is 0 Å². The molecule has 0 aliphatic carbocycles. The van der Waals surface area contributed by atoms with Gasteiger partial charge in [0.25, 0.3) is 0 Å². The van der Waals surface area contributed by atoms with E-state index < -0.39 is 0 Å². The Kier molecular flexibility index (Phi) is 4.22. The van der Waals surface area contributed by atoms with Crippen molar-refractivity contribution in [1.29, 1.82) is 0 Å². The zero-order chi connectivity index (χ0) is 13.1. The fraction of sp³-hybridized carbons (Fsp3) is 0.846. The van der Waals surface area contributed by atoms with Crippen LogP contribution in [-0.4, -0.2) is 48.1 Å². The number of nitrogens with zero attached hydrogens (tertiary/aromatic N) is 1. The maximum absolute atomic E-state index is 12.3. The highest BCUT2D eigenvalue weighted by molar-refractivity contribution is 5.96. The molecule has 2 fully saturated rings. The largest absolute Gasteiger partial charge is 0.376 e. The van der Waals surface area contributed by atoms with E-state index in [9.17, 15) is 9.59 Å². The SMILES string of the molecule is CCC1NC(=O)C(CC)N(CC2CCCO2)C1=O. The van der Waals surface area contributed by atoms with Gasteiger partial charge in [-0.25, -0.2) is 0 Å². The van der Waals surface area contributed by atoms with Gasteiger partial charge in [0.15, 0.2) is 0 Å². The van der Waals surface area contributed by atoms with E-state index in [-0.39, 0.29) is 30.0 Å². The molecule has 102 valence electrons. The standard InChI is InChI=1S/C13H22N2O3/c1-3-10-13(17)15(8-9-6-5-7-18-9)11(4-2)12(16)14-10/h9-11H,3-8H2,1-2H3,(H,14,16). The Morgan fingerprint density at radius 3 is 2.67 bits per heavy atom. The summed E-state index contributed by atoms with van der Waals surface area (Å²) in [6.45, 7) is 5.18. The first-order chi connectivity index (χ1) is 8.67. The second-order valence-corrected chi connectivity index (χ2v) is 5.02. The topological polar surface area (TPSA) is 58.6 Å². The van der Waals surface area contributed by atoms with Crippen LogP contribution in [0.2, 0.25) is 0 Å². The third-order valence-corrected chi connectivity index (χ3v) is 3.80. The molecule has 5 nitrogen and oxygen atoms in total. The highest BCUT2D eigenvalue weighted by Crippen LogP contribution is 2.20. The van der Waals surface area contributed by atoms with E-state index in [0.29, 0.717) is 19.4 Å². The van der Waals surface area contributed by atoms with Crippen LogP contribution in [0.5, 0.6) is 0 Å². The van der Waals surface area contributed by atoms with Crippen molar-refractivity contribution in [2.45, 2.75) is 57.7 Å². The molecule has 3 unspecified atom stereocenters. The number of nitrogens with one attached hydrogen (secondary N) is 1. The molecule has 0 radical (unpaired) electrons. The molecule has 0 saturated carbocycles. The lowest BCUT2D eigenvalue weighted by Gasteiger charge is -2.39. The molecule has 0 spiro atoms. The van der Waals surface area contributed by atoms with Crippen LogP contribution in [0.3, 0.4) is 0 Å². The molecule has 0 aromatic carbocycles. The van der Waals surface area contributed by atoms with Gasteiger partial charge in [0.1, 0.15) is 12.1 Å². The Morgan fingerprint density at radius 1 is 1.33 bits per heavy atom. The van der Waals surface area contributed by atoms with Gasteiger partial charge in [-0.1, -0.05) is 13.8 Å². The van der Waals surface area contributed by atoms with Gasteiger partial charge in [-0.15, -0.1) is 0 Å². The zero-order valence-corrected chi connectivity index (χ0v) is 11.1. The van der Waals surface area contributed by atoms with Crippen molar-refractivity contribution in [2.24, 2.45) is 0 Å². The molecule has 0 aromatic rings. The molecule has 18 heavy (non-hydrogen) atoms. The number of amides is 2. The molecule has 5 heteroatoms. The molecule has 2 saturated heterocycles. The molecule has 2 rings (SSSR count). The molecular weight excluding hydrogens is 232 g/mol. The summed E-state index contributed by atoms with van der Waals surface area (Å²) in [5, 5.41) is 2.80. The minimum atomic E-state index is -0.360. The van der Waals surface area contributed by atoms with Crippen LogP contribution < -0.4 is 5.32 Å². The first kappa shape index (κ1) is 13.3. The predicted molar refractivity (Wildman–Crippen MR) is 67.0 cm³/mol. The van der Waals surface area contributed by atoms with E-state index in [4.69, 9.17) is 4.74 Å². The van der Waals surface area contributed by atoms with Gasteiger partial charge in [0, 0.05) is 13.2 Å². The van der Waals surface area contributed by atoms with Crippen molar-refractivity contribution < 1.29 is 14.3 Å². The number of ether oxygens (including phenoxy) is 1. The fourth-order valence-corrected chi connectivity index (χ4v) is 2.73. The summed E-state index contributed by atoms with van der Waals surface area (Å²) in [5.74, 6) is 0.0152. The highest BCUT2D eigenvalue weighted by atomic mass is 16.5. The Balaban J connectivity index is 2.09. The molecule has 0 aromatic heterocycles. The van der Waals surface area contributed by atoms with E-state index in [1.54, 1.807) is 4.90 Å². The lowest BCUT2D eigenvalue weighted by atomic mass is 10.0. The Morgan fingerprint density at radius 2 is 2.11 bits per heavy atom. The smallest absolute Gasteiger partial charge is 0.245 e. The fourth-order valence-electron chi connectivity index (χ4n) is 2.73. The second kappa shape index (κ2) is 5.69. The Labute approximate surface area is 108 Å². The maximum atomic E-state index is 12.3. The van der Waals surface area contributed by atoms with Crippen LogP contribution in [0, 0.1) is 0 Å². The van der Waals surface area contributed by atoms with Crippen LogP contribution in [-0.2, 0) is 14.3 Å². The van der Waals surface area contributed by atoms with Gasteiger partial charge < -0.3 is 15.0 Å². The Bertz CT molecular complexity index is 326. The lowest BCUT2D eigenvalue weighted by molar-refractivity contribution is -0.151. The number of hydrogen-bond acceptors (Lipinski definition) is 3. The van der Waals surface area contributed by atoms with Crippen molar-refractivity contribution in [3.8, 4) is 0 Å². The van der Waals surface area contributed by atoms with Gasteiger partial charge >= 0.3 is 0 Å². The van der Waals surface area contributed by atoms with Gasteiger partial charge in [0.05, 0.1) is 6.10 Å². The van der Waals surface area contributed by atoms with Crippen LogP contribution in [0.25, 0.3) is 0 Å². The summed E-state index contributed by atoms with van der Waals surface area (Å²) in [4.78, 5) is 26.0. The summed E-state index contributed by atoms with van der Waals surface area (Å²) in [6, 6.07) is -0.689. The molecule has 2 amide bonds. The normalized spacial score (nSPS) is 32.8. The molecular formula is C13H22N2O3. The lowest BCUT2D eigenvalue weighted by Crippen LogP contribution is -2.64. The summed E-state index contributed by atoms with van der Waals surface area (Å²) in [5.41, 5.74) is 0. The van der Waals surface area contributed by atoms with Gasteiger partial charge in [0.2, 0.25) is 11.8 Å². The molecule has 2 heterocycles.